The van der Waals surface area contributed by atoms with Gasteiger partial charge >= 0.3 is 0 Å². The van der Waals surface area contributed by atoms with Crippen LogP contribution in [0.5, 0.6) is 5.75 Å². The zero-order chi connectivity index (χ0) is 13.8. The van der Waals surface area contributed by atoms with Gasteiger partial charge in [0.1, 0.15) is 10.7 Å². The Morgan fingerprint density at radius 2 is 2.37 bits per heavy atom. The fourth-order valence-electron chi connectivity index (χ4n) is 2.33. The van der Waals surface area contributed by atoms with Gasteiger partial charge in [0, 0.05) is 18.3 Å². The first-order valence-electron chi connectivity index (χ1n) is 6.36. The summed E-state index contributed by atoms with van der Waals surface area (Å²) in [5, 5.41) is 0. The molecule has 0 saturated carbocycles. The van der Waals surface area contributed by atoms with Crippen molar-refractivity contribution in [2.75, 3.05) is 25.7 Å². The summed E-state index contributed by atoms with van der Waals surface area (Å²) < 4.78 is 5.28. The second-order valence-corrected chi connectivity index (χ2v) is 6.42. The van der Waals surface area contributed by atoms with Gasteiger partial charge in [0.25, 0.3) is 0 Å². The molecule has 2 N–H and O–H groups in total. The molecule has 0 bridgehead atoms. The summed E-state index contributed by atoms with van der Waals surface area (Å²) in [6.45, 7) is 0.921. The van der Waals surface area contributed by atoms with Crippen molar-refractivity contribution in [1.29, 1.82) is 0 Å². The summed E-state index contributed by atoms with van der Waals surface area (Å²) in [4.78, 5) is 2.79. The van der Waals surface area contributed by atoms with Gasteiger partial charge in [0.05, 0.1) is 12.7 Å². The maximum absolute atomic E-state index is 5.75. The van der Waals surface area contributed by atoms with E-state index in [1.54, 1.807) is 7.11 Å². The van der Waals surface area contributed by atoms with Gasteiger partial charge in [-0.1, -0.05) is 18.3 Å². The topological polar surface area (TPSA) is 38.5 Å². The van der Waals surface area contributed by atoms with Crippen LogP contribution in [0.15, 0.2) is 18.2 Å². The molecule has 0 radical (unpaired) electrons. The smallest absolute Gasteiger partial charge is 0.129 e. The van der Waals surface area contributed by atoms with Crippen LogP contribution < -0.4 is 10.5 Å². The minimum atomic E-state index is 0.387. The Balaban J connectivity index is 2.11. The van der Waals surface area contributed by atoms with E-state index in [1.807, 2.05) is 23.9 Å². The Morgan fingerprint density at radius 3 is 2.95 bits per heavy atom. The molecule has 0 amide bonds. The molecule has 1 heterocycles. The third-order valence-corrected chi connectivity index (χ3v) is 4.86. The molecule has 19 heavy (non-hydrogen) atoms. The Morgan fingerprint density at radius 1 is 1.58 bits per heavy atom. The average molecular weight is 296 g/mol. The standard InChI is InChI=1S/C14H20N2OS2/c1-16(11-5-6-19-9-11)8-10-3-4-13(17-2)12(7-10)14(15)18/h3-4,7,11H,5-6,8-9H2,1-2H3,(H2,15,18). The van der Waals surface area contributed by atoms with E-state index in [-0.39, 0.29) is 0 Å². The molecule has 1 unspecified atom stereocenters. The van der Waals surface area contributed by atoms with Gasteiger partial charge in [0.2, 0.25) is 0 Å². The zero-order valence-electron chi connectivity index (χ0n) is 11.4. The van der Waals surface area contributed by atoms with Crippen molar-refractivity contribution >= 4 is 29.0 Å². The Bertz CT molecular complexity index is 459. The highest BCUT2D eigenvalue weighted by atomic mass is 32.2. The number of hydrogen-bond acceptors (Lipinski definition) is 4. The van der Waals surface area contributed by atoms with E-state index in [0.29, 0.717) is 11.0 Å². The number of rotatable bonds is 5. The third-order valence-electron chi connectivity index (χ3n) is 3.49. The number of nitrogens with zero attached hydrogens (tertiary/aromatic N) is 1. The van der Waals surface area contributed by atoms with Gasteiger partial charge in [-0.25, -0.2) is 0 Å². The van der Waals surface area contributed by atoms with Crippen molar-refractivity contribution in [2.24, 2.45) is 5.73 Å². The molecular weight excluding hydrogens is 276 g/mol. The lowest BCUT2D eigenvalue weighted by Gasteiger charge is -2.23. The fraction of sp³-hybridized carbons (Fsp3) is 0.500. The molecule has 0 aliphatic carbocycles. The van der Waals surface area contributed by atoms with Crippen LogP contribution in [-0.2, 0) is 6.54 Å². The molecule has 5 heteroatoms. The van der Waals surface area contributed by atoms with Gasteiger partial charge in [-0.15, -0.1) is 0 Å². The largest absolute Gasteiger partial charge is 0.496 e. The average Bonchev–Trinajstić information content (AvgIpc) is 2.92. The van der Waals surface area contributed by atoms with E-state index in [2.05, 4.69) is 18.0 Å². The molecule has 1 aromatic rings. The van der Waals surface area contributed by atoms with Crippen LogP contribution in [0.3, 0.4) is 0 Å². The van der Waals surface area contributed by atoms with E-state index in [0.717, 1.165) is 17.9 Å². The number of methoxy groups -OCH3 is 1. The lowest BCUT2D eigenvalue weighted by molar-refractivity contribution is 0.254. The Hall–Kier alpha value is -0.780. The summed E-state index contributed by atoms with van der Waals surface area (Å²) in [6, 6.07) is 6.75. The van der Waals surface area contributed by atoms with Crippen molar-refractivity contribution in [3.05, 3.63) is 29.3 Å². The van der Waals surface area contributed by atoms with E-state index in [9.17, 15) is 0 Å². The zero-order valence-corrected chi connectivity index (χ0v) is 13.0. The third kappa shape index (κ3) is 3.61. The first kappa shape index (κ1) is 14.6. The van der Waals surface area contributed by atoms with Crippen LogP contribution in [0.1, 0.15) is 17.5 Å². The van der Waals surface area contributed by atoms with Crippen LogP contribution in [0.25, 0.3) is 0 Å². The molecule has 104 valence electrons. The predicted octanol–water partition coefficient (Wildman–Crippen LogP) is 2.27. The van der Waals surface area contributed by atoms with Crippen molar-refractivity contribution in [1.82, 2.24) is 4.90 Å². The molecular formula is C14H20N2OS2. The SMILES string of the molecule is COc1ccc(CN(C)C2CCSC2)cc1C(N)=S. The highest BCUT2D eigenvalue weighted by Crippen LogP contribution is 2.24. The number of thioether (sulfide) groups is 1. The van der Waals surface area contributed by atoms with Gasteiger partial charge in [-0.3, -0.25) is 4.90 Å². The molecule has 0 spiro atoms. The number of ether oxygens (including phenoxy) is 1. The lowest BCUT2D eigenvalue weighted by Crippen LogP contribution is -2.30. The van der Waals surface area contributed by atoms with Crippen LogP contribution in [-0.4, -0.2) is 41.6 Å². The molecule has 1 aliphatic rings. The molecule has 0 aromatic heterocycles. The first-order valence-corrected chi connectivity index (χ1v) is 7.93. The van der Waals surface area contributed by atoms with Gasteiger partial charge < -0.3 is 10.5 Å². The summed E-state index contributed by atoms with van der Waals surface area (Å²) in [5.74, 6) is 3.25. The normalized spacial score (nSPS) is 18.8. The lowest BCUT2D eigenvalue weighted by atomic mass is 10.1. The van der Waals surface area contributed by atoms with E-state index < -0.39 is 0 Å². The van der Waals surface area contributed by atoms with Crippen molar-refractivity contribution in [3.63, 3.8) is 0 Å². The second-order valence-electron chi connectivity index (χ2n) is 4.83. The van der Waals surface area contributed by atoms with Crippen LogP contribution in [0.2, 0.25) is 0 Å². The molecule has 1 aromatic carbocycles. The summed E-state index contributed by atoms with van der Waals surface area (Å²) in [6.07, 6.45) is 1.28. The summed E-state index contributed by atoms with van der Waals surface area (Å²) in [5.41, 5.74) is 7.79. The van der Waals surface area contributed by atoms with Crippen molar-refractivity contribution in [3.8, 4) is 5.75 Å². The molecule has 1 aliphatic heterocycles. The fourth-order valence-corrected chi connectivity index (χ4v) is 3.79. The number of nitrogens with two attached hydrogens (primary N) is 1. The predicted molar refractivity (Wildman–Crippen MR) is 86.1 cm³/mol. The van der Waals surface area contributed by atoms with Gasteiger partial charge in [0.15, 0.2) is 0 Å². The molecule has 1 atom stereocenters. The van der Waals surface area contributed by atoms with Crippen LogP contribution in [0, 0.1) is 0 Å². The van der Waals surface area contributed by atoms with Crippen LogP contribution >= 0.6 is 24.0 Å². The monoisotopic (exact) mass is 296 g/mol. The minimum Gasteiger partial charge on any atom is -0.496 e. The van der Waals surface area contributed by atoms with Gasteiger partial charge in [-0.05, 0) is 36.9 Å². The maximum atomic E-state index is 5.75. The molecule has 2 rings (SSSR count). The van der Waals surface area contributed by atoms with E-state index in [4.69, 9.17) is 22.7 Å². The second kappa shape index (κ2) is 6.59. The number of benzene rings is 1. The Labute approximate surface area is 124 Å². The first-order chi connectivity index (χ1) is 9.11. The maximum Gasteiger partial charge on any atom is 0.129 e. The quantitative estimate of drug-likeness (QED) is 0.844. The molecule has 3 nitrogen and oxygen atoms in total. The molecule has 1 fully saturated rings. The molecule has 1 saturated heterocycles. The summed E-state index contributed by atoms with van der Waals surface area (Å²) >= 11 is 7.11. The van der Waals surface area contributed by atoms with Gasteiger partial charge in [-0.2, -0.15) is 11.8 Å². The van der Waals surface area contributed by atoms with Crippen molar-refractivity contribution < 1.29 is 4.74 Å². The summed E-state index contributed by atoms with van der Waals surface area (Å²) in [7, 11) is 3.82. The van der Waals surface area contributed by atoms with Crippen LogP contribution in [0.4, 0.5) is 0 Å². The van der Waals surface area contributed by atoms with Crippen molar-refractivity contribution in [2.45, 2.75) is 19.0 Å². The number of hydrogen-bond donors (Lipinski definition) is 1. The highest BCUT2D eigenvalue weighted by molar-refractivity contribution is 7.99. The minimum absolute atomic E-state index is 0.387. The van der Waals surface area contributed by atoms with E-state index >= 15 is 0 Å². The number of thiocarbonyl (C=S) groups is 1. The Kier molecular flexibility index (Phi) is 5.07. The van der Waals surface area contributed by atoms with E-state index in [1.165, 1.54) is 23.5 Å². The highest BCUT2D eigenvalue weighted by Gasteiger charge is 2.20.